The molecule has 0 saturated heterocycles. The Morgan fingerprint density at radius 1 is 1.10 bits per heavy atom. The van der Waals surface area contributed by atoms with Crippen LogP contribution in [0.3, 0.4) is 0 Å². The van der Waals surface area contributed by atoms with Crippen LogP contribution in [0.25, 0.3) is 17.7 Å². The normalized spacial score (nSPS) is 13.7. The average molecular weight is 545 g/mol. The first-order valence-electron chi connectivity index (χ1n) is 12.5. The molecule has 0 aliphatic carbocycles. The molecule has 0 bridgehead atoms. The van der Waals surface area contributed by atoms with Gasteiger partial charge in [0.25, 0.3) is 17.4 Å². The maximum Gasteiger partial charge on any atom is 0.280 e. The first-order valence-corrected chi connectivity index (χ1v) is 12.5. The molecule has 9 nitrogen and oxygen atoms in total. The molecule has 3 N–H and O–H groups in total. The van der Waals surface area contributed by atoms with Gasteiger partial charge in [-0.2, -0.15) is 0 Å². The molecule has 2 amide bonds. The number of carbonyl (C=O) groups is 2. The van der Waals surface area contributed by atoms with Gasteiger partial charge in [0.15, 0.2) is 11.6 Å². The van der Waals surface area contributed by atoms with Crippen molar-refractivity contribution in [3.8, 4) is 0 Å². The summed E-state index contributed by atoms with van der Waals surface area (Å²) in [6.45, 7) is 3.66. The molecule has 5 rings (SSSR count). The summed E-state index contributed by atoms with van der Waals surface area (Å²) in [4.78, 5) is 45.6. The number of aromatic nitrogens is 4. The summed E-state index contributed by atoms with van der Waals surface area (Å²) in [6.07, 6.45) is 6.85. The number of carbonyl (C=O) groups excluding carboxylic acids is 2. The summed E-state index contributed by atoms with van der Waals surface area (Å²) in [5.74, 6) is -2.73. The van der Waals surface area contributed by atoms with E-state index in [1.807, 2.05) is 25.1 Å². The molecular weight excluding hydrogens is 518 g/mol. The Bertz CT molecular complexity index is 1780. The Morgan fingerprint density at radius 3 is 2.62 bits per heavy atom. The maximum absolute atomic E-state index is 13.6. The zero-order valence-electron chi connectivity index (χ0n) is 22.0. The molecule has 0 fully saturated rings. The SMILES string of the molecule is Cc1[nH]cnc1/C=C1\C(=O)Nc2cc(/C=C/CNC(=O)c3c(C)n(C)n(Cc4ccc(F)c(F)c4)c3=O)ccc21. The summed E-state index contributed by atoms with van der Waals surface area (Å²) in [5.41, 5.74) is 4.63. The Kier molecular flexibility index (Phi) is 7.03. The summed E-state index contributed by atoms with van der Waals surface area (Å²) >= 11 is 0. The second kappa shape index (κ2) is 10.6. The quantitative estimate of drug-likeness (QED) is 0.307. The van der Waals surface area contributed by atoms with E-state index < -0.39 is 23.1 Å². The predicted molar refractivity (Wildman–Crippen MR) is 148 cm³/mol. The minimum atomic E-state index is -1.01. The Balaban J connectivity index is 1.26. The van der Waals surface area contributed by atoms with E-state index in [1.165, 1.54) is 15.4 Å². The number of imidazole rings is 1. The molecule has 0 saturated carbocycles. The van der Waals surface area contributed by atoms with Crippen LogP contribution >= 0.6 is 0 Å². The molecule has 0 radical (unpaired) electrons. The highest BCUT2D eigenvalue weighted by atomic mass is 19.2. The van der Waals surface area contributed by atoms with Crippen molar-refractivity contribution >= 4 is 35.2 Å². The van der Waals surface area contributed by atoms with Gasteiger partial charge in [-0.25, -0.2) is 18.4 Å². The molecule has 40 heavy (non-hydrogen) atoms. The molecular formula is C29H26F2N6O3. The molecule has 204 valence electrons. The van der Waals surface area contributed by atoms with E-state index in [9.17, 15) is 23.2 Å². The fraction of sp³-hybridized carbons (Fsp3) is 0.172. The second-order valence-electron chi connectivity index (χ2n) is 9.44. The maximum atomic E-state index is 13.6. The van der Waals surface area contributed by atoms with Crippen LogP contribution < -0.4 is 16.2 Å². The van der Waals surface area contributed by atoms with E-state index >= 15 is 0 Å². The Morgan fingerprint density at radius 2 is 1.90 bits per heavy atom. The third-order valence-electron chi connectivity index (χ3n) is 6.87. The molecule has 0 spiro atoms. The first-order chi connectivity index (χ1) is 19.1. The topological polar surface area (TPSA) is 114 Å². The standard InChI is InChI=1S/C29H26F2N6O3/c1-16-24(34-15-33-16)13-21-20-8-6-18(12-25(20)35-27(21)38)5-4-10-32-28(39)26-17(2)36(3)37(29(26)40)14-19-7-9-22(30)23(31)11-19/h4-9,11-13,15H,10,14H2,1-3H3,(H,32,39)(H,33,34)(H,35,38)/b5-4+,21-13-. The lowest BCUT2D eigenvalue weighted by Gasteiger charge is -2.08. The van der Waals surface area contributed by atoms with Gasteiger partial charge in [-0.05, 0) is 49.2 Å². The highest BCUT2D eigenvalue weighted by Gasteiger charge is 2.25. The van der Waals surface area contributed by atoms with Gasteiger partial charge < -0.3 is 15.6 Å². The van der Waals surface area contributed by atoms with Crippen molar-refractivity contribution in [1.29, 1.82) is 0 Å². The van der Waals surface area contributed by atoms with Gasteiger partial charge in [-0.3, -0.25) is 19.1 Å². The molecule has 3 heterocycles. The molecule has 1 aliphatic heterocycles. The lowest BCUT2D eigenvalue weighted by Crippen LogP contribution is -2.31. The Labute approximate surface area is 227 Å². The molecule has 2 aromatic carbocycles. The number of aromatic amines is 1. The van der Waals surface area contributed by atoms with Crippen LogP contribution in [0, 0.1) is 25.5 Å². The Hall–Kier alpha value is -5.06. The van der Waals surface area contributed by atoms with Gasteiger partial charge in [0.1, 0.15) is 5.56 Å². The van der Waals surface area contributed by atoms with Crippen molar-refractivity contribution in [2.24, 2.45) is 7.05 Å². The van der Waals surface area contributed by atoms with Crippen LogP contribution in [0.1, 0.15) is 44.1 Å². The zero-order chi connectivity index (χ0) is 28.6. The number of hydrogen-bond acceptors (Lipinski definition) is 4. The predicted octanol–water partition coefficient (Wildman–Crippen LogP) is 3.79. The van der Waals surface area contributed by atoms with E-state index in [1.54, 1.807) is 38.5 Å². The number of fused-ring (bicyclic) bond motifs is 1. The van der Waals surface area contributed by atoms with Crippen molar-refractivity contribution in [3.05, 3.63) is 110 Å². The number of nitrogens with zero attached hydrogens (tertiary/aromatic N) is 3. The lowest BCUT2D eigenvalue weighted by atomic mass is 10.0. The van der Waals surface area contributed by atoms with Gasteiger partial charge in [0, 0.05) is 36.2 Å². The molecule has 1 aliphatic rings. The fourth-order valence-electron chi connectivity index (χ4n) is 4.56. The smallest absolute Gasteiger partial charge is 0.280 e. The van der Waals surface area contributed by atoms with Gasteiger partial charge in [0.05, 0.1) is 24.1 Å². The van der Waals surface area contributed by atoms with E-state index in [4.69, 9.17) is 0 Å². The second-order valence-corrected chi connectivity index (χ2v) is 9.44. The molecule has 0 atom stereocenters. The van der Waals surface area contributed by atoms with Crippen LogP contribution in [0.4, 0.5) is 14.5 Å². The van der Waals surface area contributed by atoms with Crippen molar-refractivity contribution in [3.63, 3.8) is 0 Å². The van der Waals surface area contributed by atoms with Crippen LogP contribution in [0.2, 0.25) is 0 Å². The van der Waals surface area contributed by atoms with Gasteiger partial charge in [-0.1, -0.05) is 30.4 Å². The fourth-order valence-corrected chi connectivity index (χ4v) is 4.56. The molecule has 2 aromatic heterocycles. The number of amides is 2. The lowest BCUT2D eigenvalue weighted by molar-refractivity contribution is -0.110. The van der Waals surface area contributed by atoms with E-state index in [-0.39, 0.29) is 24.6 Å². The average Bonchev–Trinajstić information content (AvgIpc) is 3.53. The summed E-state index contributed by atoms with van der Waals surface area (Å²) in [5, 5.41) is 5.58. The van der Waals surface area contributed by atoms with Crippen molar-refractivity contribution < 1.29 is 18.4 Å². The number of halogens is 2. The number of rotatable bonds is 7. The number of nitrogens with one attached hydrogen (secondary N) is 3. The van der Waals surface area contributed by atoms with Gasteiger partial charge in [0.2, 0.25) is 0 Å². The highest BCUT2D eigenvalue weighted by Crippen LogP contribution is 2.34. The zero-order valence-corrected chi connectivity index (χ0v) is 22.0. The van der Waals surface area contributed by atoms with Crippen molar-refractivity contribution in [2.45, 2.75) is 20.4 Å². The largest absolute Gasteiger partial charge is 0.348 e. The van der Waals surface area contributed by atoms with Crippen LogP contribution in [-0.4, -0.2) is 37.7 Å². The van der Waals surface area contributed by atoms with E-state index in [0.29, 0.717) is 28.2 Å². The van der Waals surface area contributed by atoms with Crippen LogP contribution in [-0.2, 0) is 18.4 Å². The summed E-state index contributed by atoms with van der Waals surface area (Å²) in [7, 11) is 1.62. The van der Waals surface area contributed by atoms with E-state index in [2.05, 4.69) is 20.6 Å². The molecule has 4 aromatic rings. The van der Waals surface area contributed by atoms with Crippen LogP contribution in [0.5, 0.6) is 0 Å². The number of anilines is 1. The summed E-state index contributed by atoms with van der Waals surface area (Å²) in [6, 6.07) is 8.96. The van der Waals surface area contributed by atoms with Crippen molar-refractivity contribution in [2.75, 3.05) is 11.9 Å². The highest BCUT2D eigenvalue weighted by molar-refractivity contribution is 6.34. The minimum Gasteiger partial charge on any atom is -0.348 e. The molecule has 0 unspecified atom stereocenters. The van der Waals surface area contributed by atoms with E-state index in [0.717, 1.165) is 29.0 Å². The number of hydrogen-bond donors (Lipinski definition) is 3. The molecule has 11 heteroatoms. The van der Waals surface area contributed by atoms with Crippen LogP contribution in [0.15, 0.2) is 53.6 Å². The van der Waals surface area contributed by atoms with Gasteiger partial charge in [-0.15, -0.1) is 0 Å². The van der Waals surface area contributed by atoms with Gasteiger partial charge >= 0.3 is 0 Å². The number of benzene rings is 2. The van der Waals surface area contributed by atoms with Crippen molar-refractivity contribution in [1.82, 2.24) is 24.6 Å². The number of aryl methyl sites for hydroxylation is 1. The third kappa shape index (κ3) is 5.00. The minimum absolute atomic E-state index is 0.0202. The summed E-state index contributed by atoms with van der Waals surface area (Å²) < 4.78 is 29.7. The first kappa shape index (κ1) is 26.5. The monoisotopic (exact) mass is 544 g/mol. The third-order valence-corrected chi connectivity index (χ3v) is 6.87. The number of H-pyrrole nitrogens is 1.